The van der Waals surface area contributed by atoms with Crippen LogP contribution in [0.4, 0.5) is 0 Å². The molecule has 2 N–H and O–H groups in total. The Morgan fingerprint density at radius 2 is 2.25 bits per heavy atom. The predicted molar refractivity (Wildman–Crippen MR) is 29.0 cm³/mol. The maximum atomic E-state index is 9.75. The van der Waals surface area contributed by atoms with Gasteiger partial charge < -0.3 is 10.2 Å². The number of halogens is 1. The van der Waals surface area contributed by atoms with Gasteiger partial charge in [0.25, 0.3) is 0 Å². The fraction of sp³-hybridized carbons (Fsp3) is 0.750. The third kappa shape index (κ3) is 3.89. The summed E-state index contributed by atoms with van der Waals surface area (Å²) < 4.78 is 0. The van der Waals surface area contributed by atoms with Gasteiger partial charge in [-0.1, -0.05) is 0 Å². The Hall–Kier alpha value is -0.280. The summed E-state index contributed by atoms with van der Waals surface area (Å²) in [6, 6.07) is 0. The van der Waals surface area contributed by atoms with Gasteiger partial charge in [-0.25, -0.2) is 0 Å². The normalized spacial score (nSPS) is 13.2. The van der Waals surface area contributed by atoms with Crippen LogP contribution in [0.1, 0.15) is 6.42 Å². The molecular weight excluding hydrogens is 131 g/mol. The molecule has 0 aliphatic heterocycles. The van der Waals surface area contributed by atoms with Crippen molar-refractivity contribution < 1.29 is 15.0 Å². The first kappa shape index (κ1) is 7.72. The summed E-state index contributed by atoms with van der Waals surface area (Å²) in [6.45, 7) is 0. The van der Waals surface area contributed by atoms with Gasteiger partial charge in [0, 0.05) is 5.88 Å². The van der Waals surface area contributed by atoms with Crippen molar-refractivity contribution in [3.8, 4) is 0 Å². The zero-order chi connectivity index (χ0) is 6.57. The number of carbonyl (C=O) groups is 1. The van der Waals surface area contributed by atoms with E-state index >= 15 is 0 Å². The number of aliphatic hydroxyl groups excluding tert-OH is 1. The summed E-state index contributed by atoms with van der Waals surface area (Å²) in [5.74, 6) is -1.05. The van der Waals surface area contributed by atoms with Crippen LogP contribution in [-0.4, -0.2) is 28.2 Å². The summed E-state index contributed by atoms with van der Waals surface area (Å²) >= 11 is 5.08. The number of rotatable bonds is 3. The quantitative estimate of drug-likeness (QED) is 0.543. The Labute approximate surface area is 51.9 Å². The van der Waals surface area contributed by atoms with Crippen LogP contribution < -0.4 is 0 Å². The van der Waals surface area contributed by atoms with Crippen molar-refractivity contribution in [1.82, 2.24) is 0 Å². The summed E-state index contributed by atoms with van der Waals surface area (Å²) in [5.41, 5.74) is 0. The van der Waals surface area contributed by atoms with Crippen molar-refractivity contribution >= 4 is 17.6 Å². The Morgan fingerprint density at radius 1 is 1.75 bits per heavy atom. The van der Waals surface area contributed by atoms with E-state index in [4.69, 9.17) is 21.8 Å². The van der Waals surface area contributed by atoms with Crippen LogP contribution in [-0.2, 0) is 4.79 Å². The average molecular weight is 139 g/mol. The second-order valence-electron chi connectivity index (χ2n) is 1.41. The number of carboxylic acids is 1. The number of alkyl halides is 1. The molecular formula is C4H7ClO3. The van der Waals surface area contributed by atoms with Crippen LogP contribution in [0.3, 0.4) is 0 Å². The van der Waals surface area contributed by atoms with Crippen LogP contribution in [0.5, 0.6) is 0 Å². The minimum Gasteiger partial charge on any atom is -0.481 e. The van der Waals surface area contributed by atoms with Gasteiger partial charge in [-0.3, -0.25) is 4.79 Å². The highest BCUT2D eigenvalue weighted by molar-refractivity contribution is 6.18. The van der Waals surface area contributed by atoms with E-state index in [1.54, 1.807) is 0 Å². The molecule has 8 heavy (non-hydrogen) atoms. The molecule has 0 saturated carbocycles. The fourth-order valence-corrected chi connectivity index (χ4v) is 0.365. The predicted octanol–water partition coefficient (Wildman–Crippen LogP) is 0.0608. The maximum absolute atomic E-state index is 9.75. The third-order valence-corrected chi connectivity index (χ3v) is 0.945. The largest absolute Gasteiger partial charge is 0.481 e. The zero-order valence-corrected chi connectivity index (χ0v) is 4.93. The van der Waals surface area contributed by atoms with Crippen molar-refractivity contribution in [2.24, 2.45) is 0 Å². The smallest absolute Gasteiger partial charge is 0.306 e. The lowest BCUT2D eigenvalue weighted by atomic mass is 10.3. The van der Waals surface area contributed by atoms with Crippen LogP contribution in [0.25, 0.3) is 0 Å². The Kier molecular flexibility index (Phi) is 3.56. The van der Waals surface area contributed by atoms with Crippen LogP contribution in [0, 0.1) is 0 Å². The summed E-state index contributed by atoms with van der Waals surface area (Å²) in [5, 5.41) is 16.5. The molecule has 1 atom stereocenters. The molecule has 0 spiro atoms. The van der Waals surface area contributed by atoms with E-state index in [-0.39, 0.29) is 12.3 Å². The van der Waals surface area contributed by atoms with Crippen LogP contribution in [0.2, 0.25) is 0 Å². The maximum Gasteiger partial charge on any atom is 0.306 e. The molecule has 0 aromatic rings. The highest BCUT2D eigenvalue weighted by atomic mass is 35.5. The SMILES string of the molecule is O=C(O)C[C@H](O)CCl. The number of hydrogen-bond donors (Lipinski definition) is 2. The third-order valence-electron chi connectivity index (χ3n) is 0.588. The van der Waals surface area contributed by atoms with Gasteiger partial charge >= 0.3 is 5.97 Å². The minimum absolute atomic E-state index is 0.0215. The van der Waals surface area contributed by atoms with Crippen molar-refractivity contribution in [2.75, 3.05) is 5.88 Å². The lowest BCUT2D eigenvalue weighted by Gasteiger charge is -1.98. The number of carboxylic acid groups (broad SMARTS) is 1. The molecule has 0 rings (SSSR count). The topological polar surface area (TPSA) is 57.5 Å². The first-order chi connectivity index (χ1) is 3.66. The van der Waals surface area contributed by atoms with E-state index in [2.05, 4.69) is 0 Å². The summed E-state index contributed by atoms with van der Waals surface area (Å²) in [4.78, 5) is 9.75. The molecule has 0 radical (unpaired) electrons. The van der Waals surface area contributed by atoms with E-state index in [0.717, 1.165) is 0 Å². The molecule has 4 heteroatoms. The molecule has 48 valence electrons. The first-order valence-electron chi connectivity index (χ1n) is 2.12. The molecule has 0 aromatic heterocycles. The molecule has 0 bridgehead atoms. The van der Waals surface area contributed by atoms with Gasteiger partial charge in [0.15, 0.2) is 0 Å². The van der Waals surface area contributed by atoms with E-state index in [9.17, 15) is 4.79 Å². The van der Waals surface area contributed by atoms with Gasteiger partial charge in [0.2, 0.25) is 0 Å². The molecule has 0 fully saturated rings. The standard InChI is InChI=1S/C4H7ClO3/c5-2-3(6)1-4(7)8/h3,6H,1-2H2,(H,7,8)/t3-/m0/s1. The summed E-state index contributed by atoms with van der Waals surface area (Å²) in [6.07, 6.45) is -1.18. The van der Waals surface area contributed by atoms with E-state index in [1.807, 2.05) is 0 Å². The summed E-state index contributed by atoms with van der Waals surface area (Å²) in [7, 11) is 0. The molecule has 0 saturated heterocycles. The first-order valence-corrected chi connectivity index (χ1v) is 2.66. The number of hydrogen-bond acceptors (Lipinski definition) is 2. The lowest BCUT2D eigenvalue weighted by Crippen LogP contribution is -2.13. The fourth-order valence-electron chi connectivity index (χ4n) is 0.256. The molecule has 0 unspecified atom stereocenters. The Bertz CT molecular complexity index is 83.4. The van der Waals surface area contributed by atoms with Crippen molar-refractivity contribution in [2.45, 2.75) is 12.5 Å². The van der Waals surface area contributed by atoms with E-state index in [1.165, 1.54) is 0 Å². The average Bonchev–Trinajstić information content (AvgIpc) is 1.65. The van der Waals surface area contributed by atoms with Gasteiger partial charge in [-0.2, -0.15) is 0 Å². The molecule has 0 heterocycles. The molecule has 0 aromatic carbocycles. The monoisotopic (exact) mass is 138 g/mol. The Morgan fingerprint density at radius 3 is 2.38 bits per heavy atom. The van der Waals surface area contributed by atoms with Crippen LogP contribution >= 0.6 is 11.6 Å². The number of aliphatic hydroxyl groups is 1. The van der Waals surface area contributed by atoms with Crippen LogP contribution in [0.15, 0.2) is 0 Å². The van der Waals surface area contributed by atoms with Gasteiger partial charge in [0.05, 0.1) is 12.5 Å². The number of aliphatic carboxylic acids is 1. The highest BCUT2D eigenvalue weighted by Gasteiger charge is 2.05. The molecule has 3 nitrogen and oxygen atoms in total. The Balaban J connectivity index is 3.24. The zero-order valence-electron chi connectivity index (χ0n) is 4.17. The van der Waals surface area contributed by atoms with E-state index in [0.29, 0.717) is 0 Å². The van der Waals surface area contributed by atoms with Crippen molar-refractivity contribution in [1.29, 1.82) is 0 Å². The minimum atomic E-state index is -1.03. The highest BCUT2D eigenvalue weighted by Crippen LogP contribution is 1.92. The van der Waals surface area contributed by atoms with Gasteiger partial charge in [-0.05, 0) is 0 Å². The van der Waals surface area contributed by atoms with Gasteiger partial charge in [0.1, 0.15) is 0 Å². The van der Waals surface area contributed by atoms with E-state index < -0.39 is 12.1 Å². The molecule has 0 aliphatic carbocycles. The van der Waals surface area contributed by atoms with Crippen molar-refractivity contribution in [3.05, 3.63) is 0 Å². The molecule has 0 aliphatic rings. The second-order valence-corrected chi connectivity index (χ2v) is 1.71. The molecule has 0 amide bonds. The lowest BCUT2D eigenvalue weighted by molar-refractivity contribution is -0.138. The van der Waals surface area contributed by atoms with Gasteiger partial charge in [-0.15, -0.1) is 11.6 Å². The second kappa shape index (κ2) is 3.69. The van der Waals surface area contributed by atoms with Crippen molar-refractivity contribution in [3.63, 3.8) is 0 Å².